The van der Waals surface area contributed by atoms with Gasteiger partial charge >= 0.3 is 0 Å². The van der Waals surface area contributed by atoms with E-state index in [0.29, 0.717) is 23.5 Å². The molecule has 0 aromatic rings. The number of nitrogens with zero attached hydrogens (tertiary/aromatic N) is 1. The van der Waals surface area contributed by atoms with Crippen molar-refractivity contribution in [1.29, 1.82) is 0 Å². The molecule has 3 unspecified atom stereocenters. The summed E-state index contributed by atoms with van der Waals surface area (Å²) < 4.78 is 26.3. The summed E-state index contributed by atoms with van der Waals surface area (Å²) in [5.41, 5.74) is 0. The highest BCUT2D eigenvalue weighted by atomic mass is 32.2. The van der Waals surface area contributed by atoms with Crippen LogP contribution in [0.15, 0.2) is 0 Å². The number of hydrogen-bond acceptors (Lipinski definition) is 3. The van der Waals surface area contributed by atoms with Crippen LogP contribution in [0.2, 0.25) is 0 Å². The SMILES string of the molecule is CC(C)CCS(=O)(=O)N1CC2CNCC2C1C. The van der Waals surface area contributed by atoms with Gasteiger partial charge in [0.15, 0.2) is 0 Å². The van der Waals surface area contributed by atoms with Crippen molar-refractivity contribution in [2.75, 3.05) is 25.4 Å². The molecular weight excluding hydrogens is 236 g/mol. The van der Waals surface area contributed by atoms with Gasteiger partial charge in [0.25, 0.3) is 0 Å². The molecule has 0 aliphatic carbocycles. The summed E-state index contributed by atoms with van der Waals surface area (Å²) in [6, 6.07) is 0.173. The summed E-state index contributed by atoms with van der Waals surface area (Å²) in [6.45, 7) is 8.88. The molecular formula is C12H24N2O2S. The highest BCUT2D eigenvalue weighted by Crippen LogP contribution is 2.34. The number of hydrogen-bond donors (Lipinski definition) is 1. The Labute approximate surface area is 105 Å². The van der Waals surface area contributed by atoms with Crippen LogP contribution >= 0.6 is 0 Å². The summed E-state index contributed by atoms with van der Waals surface area (Å²) in [6.07, 6.45) is 0.763. The first kappa shape index (κ1) is 13.3. The Hall–Kier alpha value is -0.130. The third-order valence-electron chi connectivity index (χ3n) is 4.19. The van der Waals surface area contributed by atoms with Gasteiger partial charge in [0.1, 0.15) is 0 Å². The number of rotatable bonds is 4. The van der Waals surface area contributed by atoms with E-state index in [0.717, 1.165) is 26.1 Å². The fourth-order valence-electron chi connectivity index (χ4n) is 3.00. The molecule has 0 aromatic carbocycles. The van der Waals surface area contributed by atoms with Gasteiger partial charge in [-0.25, -0.2) is 8.42 Å². The Kier molecular flexibility index (Phi) is 3.80. The van der Waals surface area contributed by atoms with Gasteiger partial charge in [-0.3, -0.25) is 0 Å². The Balaban J connectivity index is 2.03. The van der Waals surface area contributed by atoms with E-state index in [9.17, 15) is 8.42 Å². The average molecular weight is 260 g/mol. The third-order valence-corrected chi connectivity index (χ3v) is 6.14. The van der Waals surface area contributed by atoms with E-state index in [1.54, 1.807) is 4.31 Å². The van der Waals surface area contributed by atoms with Crippen LogP contribution < -0.4 is 5.32 Å². The first-order valence-electron chi connectivity index (χ1n) is 6.62. The molecule has 2 fully saturated rings. The maximum Gasteiger partial charge on any atom is 0.214 e. The molecule has 2 rings (SSSR count). The van der Waals surface area contributed by atoms with E-state index in [4.69, 9.17) is 0 Å². The fourth-order valence-corrected chi connectivity index (χ4v) is 5.08. The van der Waals surface area contributed by atoms with Crippen molar-refractivity contribution >= 4 is 10.0 Å². The molecule has 0 radical (unpaired) electrons. The van der Waals surface area contributed by atoms with Crippen LogP contribution in [0.3, 0.4) is 0 Å². The summed E-state index contributed by atoms with van der Waals surface area (Å²) in [5, 5.41) is 3.36. The van der Waals surface area contributed by atoms with Crippen molar-refractivity contribution in [3.8, 4) is 0 Å². The largest absolute Gasteiger partial charge is 0.316 e. The zero-order chi connectivity index (χ0) is 12.6. The second kappa shape index (κ2) is 4.86. The molecule has 3 atom stereocenters. The van der Waals surface area contributed by atoms with E-state index >= 15 is 0 Å². The van der Waals surface area contributed by atoms with Gasteiger partial charge in [0, 0.05) is 12.6 Å². The second-order valence-electron chi connectivity index (χ2n) is 5.89. The molecule has 0 bridgehead atoms. The highest BCUT2D eigenvalue weighted by molar-refractivity contribution is 7.89. The van der Waals surface area contributed by atoms with Gasteiger partial charge in [0.05, 0.1) is 5.75 Å². The maximum atomic E-state index is 12.3. The lowest BCUT2D eigenvalue weighted by Gasteiger charge is -2.24. The minimum Gasteiger partial charge on any atom is -0.316 e. The summed E-state index contributed by atoms with van der Waals surface area (Å²) in [4.78, 5) is 0. The van der Waals surface area contributed by atoms with E-state index in [1.807, 2.05) is 0 Å². The smallest absolute Gasteiger partial charge is 0.214 e. The Morgan fingerprint density at radius 1 is 1.35 bits per heavy atom. The van der Waals surface area contributed by atoms with Gasteiger partial charge in [-0.15, -0.1) is 0 Å². The van der Waals surface area contributed by atoms with Crippen molar-refractivity contribution in [1.82, 2.24) is 9.62 Å². The molecule has 2 saturated heterocycles. The lowest BCUT2D eigenvalue weighted by molar-refractivity contribution is 0.359. The fraction of sp³-hybridized carbons (Fsp3) is 1.00. The van der Waals surface area contributed by atoms with Gasteiger partial charge in [0.2, 0.25) is 10.0 Å². The molecule has 2 aliphatic heterocycles. The number of fused-ring (bicyclic) bond motifs is 1. The van der Waals surface area contributed by atoms with E-state index < -0.39 is 10.0 Å². The molecule has 17 heavy (non-hydrogen) atoms. The standard InChI is InChI=1S/C12H24N2O2S/c1-9(2)4-5-17(15,16)14-8-11-6-13-7-12(11)10(14)3/h9-13H,4-8H2,1-3H3. The Bertz CT molecular complexity index is 367. The van der Waals surface area contributed by atoms with E-state index in [2.05, 4.69) is 26.1 Å². The zero-order valence-electron chi connectivity index (χ0n) is 11.0. The first-order chi connectivity index (χ1) is 7.92. The number of nitrogens with one attached hydrogen (secondary N) is 1. The van der Waals surface area contributed by atoms with Gasteiger partial charge < -0.3 is 5.32 Å². The lowest BCUT2D eigenvalue weighted by Crippen LogP contribution is -2.39. The lowest BCUT2D eigenvalue weighted by atomic mass is 9.95. The van der Waals surface area contributed by atoms with Crippen molar-refractivity contribution in [3.63, 3.8) is 0 Å². The van der Waals surface area contributed by atoms with Crippen LogP contribution in [0.25, 0.3) is 0 Å². The van der Waals surface area contributed by atoms with Gasteiger partial charge in [-0.2, -0.15) is 4.31 Å². The Morgan fingerprint density at radius 2 is 2.06 bits per heavy atom. The van der Waals surface area contributed by atoms with Gasteiger partial charge in [-0.05, 0) is 44.2 Å². The average Bonchev–Trinajstić information content (AvgIpc) is 2.79. The minimum atomic E-state index is -3.04. The molecule has 0 saturated carbocycles. The van der Waals surface area contributed by atoms with Crippen LogP contribution in [-0.2, 0) is 10.0 Å². The quantitative estimate of drug-likeness (QED) is 0.817. The van der Waals surface area contributed by atoms with Crippen LogP contribution in [0.4, 0.5) is 0 Å². The van der Waals surface area contributed by atoms with Crippen LogP contribution in [0, 0.1) is 17.8 Å². The molecule has 0 spiro atoms. The summed E-state index contributed by atoms with van der Waals surface area (Å²) >= 11 is 0. The molecule has 2 aliphatic rings. The molecule has 2 heterocycles. The van der Waals surface area contributed by atoms with Crippen LogP contribution in [0.1, 0.15) is 27.2 Å². The van der Waals surface area contributed by atoms with Crippen molar-refractivity contribution in [2.45, 2.75) is 33.2 Å². The molecule has 5 heteroatoms. The Morgan fingerprint density at radius 3 is 2.65 bits per heavy atom. The zero-order valence-corrected chi connectivity index (χ0v) is 11.8. The summed E-state index contributed by atoms with van der Waals surface area (Å²) in [5.74, 6) is 1.80. The minimum absolute atomic E-state index is 0.173. The number of sulfonamides is 1. The van der Waals surface area contributed by atoms with Crippen molar-refractivity contribution in [3.05, 3.63) is 0 Å². The van der Waals surface area contributed by atoms with E-state index in [1.165, 1.54) is 0 Å². The van der Waals surface area contributed by atoms with E-state index in [-0.39, 0.29) is 6.04 Å². The maximum absolute atomic E-state index is 12.3. The van der Waals surface area contributed by atoms with Crippen molar-refractivity contribution in [2.24, 2.45) is 17.8 Å². The molecule has 4 nitrogen and oxygen atoms in total. The van der Waals surface area contributed by atoms with Gasteiger partial charge in [-0.1, -0.05) is 13.8 Å². The monoisotopic (exact) mass is 260 g/mol. The summed E-state index contributed by atoms with van der Waals surface area (Å²) in [7, 11) is -3.04. The second-order valence-corrected chi connectivity index (χ2v) is 7.93. The normalized spacial score (nSPS) is 34.5. The highest BCUT2D eigenvalue weighted by Gasteiger charge is 2.46. The first-order valence-corrected chi connectivity index (χ1v) is 8.23. The van der Waals surface area contributed by atoms with Crippen LogP contribution in [-0.4, -0.2) is 44.2 Å². The molecule has 1 N–H and O–H groups in total. The predicted molar refractivity (Wildman–Crippen MR) is 69.3 cm³/mol. The van der Waals surface area contributed by atoms with Crippen LogP contribution in [0.5, 0.6) is 0 Å². The molecule has 100 valence electrons. The third kappa shape index (κ3) is 2.66. The topological polar surface area (TPSA) is 49.4 Å². The molecule has 0 aromatic heterocycles. The van der Waals surface area contributed by atoms with Crippen molar-refractivity contribution < 1.29 is 8.42 Å². The molecule has 0 amide bonds. The predicted octanol–water partition coefficient (Wildman–Crippen LogP) is 0.902.